The summed E-state index contributed by atoms with van der Waals surface area (Å²) < 4.78 is 0. The summed E-state index contributed by atoms with van der Waals surface area (Å²) in [7, 11) is 0. The van der Waals surface area contributed by atoms with Gasteiger partial charge in [0, 0.05) is 12.1 Å². The monoisotopic (exact) mass is 223 g/mol. The largest absolute Gasteiger partial charge is 0.399 e. The van der Waals surface area contributed by atoms with Crippen LogP contribution < -0.4 is 5.73 Å². The Bertz CT molecular complexity index is 622. The van der Waals surface area contributed by atoms with Gasteiger partial charge in [-0.2, -0.15) is 0 Å². The predicted octanol–water partition coefficient (Wildman–Crippen LogP) is 2.74. The maximum absolute atomic E-state index is 5.76. The number of nitrogens with two attached hydrogens (primary N) is 1. The lowest BCUT2D eigenvalue weighted by atomic mass is 10.1. The van der Waals surface area contributed by atoms with E-state index in [9.17, 15) is 0 Å². The average molecular weight is 223 g/mol. The molecule has 2 aromatic carbocycles. The highest BCUT2D eigenvalue weighted by Crippen LogP contribution is 2.14. The molecule has 3 N–H and O–H groups in total. The number of rotatable bonds is 2. The number of nitrogen functional groups attached to an aromatic ring is 1. The molecule has 1 aromatic heterocycles. The van der Waals surface area contributed by atoms with E-state index in [4.69, 9.17) is 5.73 Å². The van der Waals surface area contributed by atoms with Gasteiger partial charge in [0.05, 0.1) is 11.0 Å². The molecule has 0 aliphatic carbocycles. The number of para-hydroxylation sites is 2. The van der Waals surface area contributed by atoms with Gasteiger partial charge in [-0.05, 0) is 29.8 Å². The van der Waals surface area contributed by atoms with Crippen molar-refractivity contribution in [3.63, 3.8) is 0 Å². The number of fused-ring (bicyclic) bond motifs is 1. The summed E-state index contributed by atoms with van der Waals surface area (Å²) in [6.45, 7) is 0. The molecule has 84 valence electrons. The summed E-state index contributed by atoms with van der Waals surface area (Å²) in [6.07, 6.45) is 0.777. The lowest BCUT2D eigenvalue weighted by Gasteiger charge is -1.99. The minimum absolute atomic E-state index is 0.777. The summed E-state index contributed by atoms with van der Waals surface area (Å²) >= 11 is 0. The van der Waals surface area contributed by atoms with Crippen molar-refractivity contribution in [2.45, 2.75) is 6.42 Å². The van der Waals surface area contributed by atoms with E-state index in [-0.39, 0.29) is 0 Å². The molecule has 0 aliphatic heterocycles. The Morgan fingerprint density at radius 3 is 2.76 bits per heavy atom. The van der Waals surface area contributed by atoms with E-state index >= 15 is 0 Å². The van der Waals surface area contributed by atoms with Crippen LogP contribution in [0.4, 0.5) is 5.69 Å². The third kappa shape index (κ3) is 1.99. The van der Waals surface area contributed by atoms with Crippen LogP contribution in [0, 0.1) is 0 Å². The lowest BCUT2D eigenvalue weighted by molar-refractivity contribution is 1.04. The molecule has 0 fully saturated rings. The van der Waals surface area contributed by atoms with Gasteiger partial charge in [0.1, 0.15) is 5.82 Å². The van der Waals surface area contributed by atoms with Gasteiger partial charge in [-0.1, -0.05) is 24.3 Å². The van der Waals surface area contributed by atoms with Crippen molar-refractivity contribution in [1.29, 1.82) is 0 Å². The van der Waals surface area contributed by atoms with Crippen LogP contribution in [-0.4, -0.2) is 9.97 Å². The van der Waals surface area contributed by atoms with Crippen molar-refractivity contribution in [1.82, 2.24) is 9.97 Å². The molecular formula is C14H13N3. The molecular weight excluding hydrogens is 210 g/mol. The van der Waals surface area contributed by atoms with Crippen molar-refractivity contribution in [2.24, 2.45) is 0 Å². The number of hydrogen-bond donors (Lipinski definition) is 2. The van der Waals surface area contributed by atoms with E-state index in [2.05, 4.69) is 16.0 Å². The molecule has 3 rings (SSSR count). The molecule has 3 aromatic rings. The van der Waals surface area contributed by atoms with Crippen LogP contribution in [-0.2, 0) is 6.42 Å². The second-order valence-corrected chi connectivity index (χ2v) is 4.12. The second-order valence-electron chi connectivity index (χ2n) is 4.12. The normalized spacial score (nSPS) is 10.8. The number of aromatic nitrogens is 2. The molecule has 0 atom stereocenters. The Kier molecular flexibility index (Phi) is 2.29. The molecule has 0 unspecified atom stereocenters. The Balaban J connectivity index is 1.94. The topological polar surface area (TPSA) is 54.7 Å². The minimum Gasteiger partial charge on any atom is -0.399 e. The molecule has 0 saturated carbocycles. The maximum atomic E-state index is 5.76. The third-order valence-corrected chi connectivity index (χ3v) is 2.76. The fourth-order valence-corrected chi connectivity index (χ4v) is 1.99. The van der Waals surface area contributed by atoms with Crippen molar-refractivity contribution < 1.29 is 0 Å². The lowest BCUT2D eigenvalue weighted by Crippen LogP contribution is -1.92. The summed E-state index contributed by atoms with van der Waals surface area (Å²) in [5.41, 5.74) is 9.80. The van der Waals surface area contributed by atoms with E-state index in [1.54, 1.807) is 0 Å². The van der Waals surface area contributed by atoms with Crippen LogP contribution in [0.1, 0.15) is 11.4 Å². The van der Waals surface area contributed by atoms with Gasteiger partial charge in [-0.15, -0.1) is 0 Å². The van der Waals surface area contributed by atoms with Gasteiger partial charge in [0.2, 0.25) is 0 Å². The van der Waals surface area contributed by atoms with E-state index in [1.807, 2.05) is 42.5 Å². The molecule has 17 heavy (non-hydrogen) atoms. The number of hydrogen-bond acceptors (Lipinski definition) is 2. The molecule has 1 heterocycles. The Morgan fingerprint density at radius 2 is 1.94 bits per heavy atom. The first-order valence-electron chi connectivity index (χ1n) is 5.59. The number of nitrogens with one attached hydrogen (secondary N) is 1. The van der Waals surface area contributed by atoms with Gasteiger partial charge in [-0.25, -0.2) is 4.98 Å². The van der Waals surface area contributed by atoms with Gasteiger partial charge < -0.3 is 10.7 Å². The molecule has 3 heteroatoms. The van der Waals surface area contributed by atoms with Crippen LogP contribution in [0.3, 0.4) is 0 Å². The Labute approximate surface area is 99.3 Å². The number of nitrogens with zero attached hydrogens (tertiary/aromatic N) is 1. The zero-order valence-corrected chi connectivity index (χ0v) is 9.35. The van der Waals surface area contributed by atoms with Gasteiger partial charge in [0.15, 0.2) is 0 Å². The standard InChI is InChI=1S/C14H13N3/c15-11-5-3-4-10(8-11)9-14-16-12-6-1-2-7-13(12)17-14/h1-8H,9,15H2,(H,16,17). The molecule has 0 amide bonds. The Hall–Kier alpha value is -2.29. The first kappa shape index (κ1) is 9.90. The average Bonchev–Trinajstić information content (AvgIpc) is 2.71. The summed E-state index contributed by atoms with van der Waals surface area (Å²) in [6, 6.07) is 15.9. The van der Waals surface area contributed by atoms with Crippen molar-refractivity contribution in [2.75, 3.05) is 5.73 Å². The number of H-pyrrole nitrogens is 1. The fraction of sp³-hybridized carbons (Fsp3) is 0.0714. The van der Waals surface area contributed by atoms with Crippen LogP contribution >= 0.6 is 0 Å². The molecule has 0 spiro atoms. The first-order chi connectivity index (χ1) is 8.31. The molecule has 0 saturated heterocycles. The molecule has 0 radical (unpaired) electrons. The van der Waals surface area contributed by atoms with Gasteiger partial charge in [0.25, 0.3) is 0 Å². The van der Waals surface area contributed by atoms with Crippen molar-refractivity contribution >= 4 is 16.7 Å². The number of benzene rings is 2. The van der Waals surface area contributed by atoms with Crippen LogP contribution in [0.25, 0.3) is 11.0 Å². The third-order valence-electron chi connectivity index (χ3n) is 2.76. The number of aromatic amines is 1. The zero-order valence-electron chi connectivity index (χ0n) is 9.35. The van der Waals surface area contributed by atoms with E-state index in [0.29, 0.717) is 0 Å². The Morgan fingerprint density at radius 1 is 1.06 bits per heavy atom. The summed E-state index contributed by atoms with van der Waals surface area (Å²) in [5, 5.41) is 0. The van der Waals surface area contributed by atoms with Crippen LogP contribution in [0.15, 0.2) is 48.5 Å². The summed E-state index contributed by atoms with van der Waals surface area (Å²) in [5.74, 6) is 0.969. The SMILES string of the molecule is Nc1cccc(Cc2nc3ccccc3[nH]2)c1. The van der Waals surface area contributed by atoms with E-state index in [0.717, 1.165) is 29.0 Å². The van der Waals surface area contributed by atoms with Gasteiger partial charge in [-0.3, -0.25) is 0 Å². The number of imidazole rings is 1. The highest BCUT2D eigenvalue weighted by atomic mass is 14.9. The highest BCUT2D eigenvalue weighted by Gasteiger charge is 2.03. The molecule has 0 bridgehead atoms. The van der Waals surface area contributed by atoms with E-state index in [1.165, 1.54) is 5.56 Å². The quantitative estimate of drug-likeness (QED) is 0.656. The minimum atomic E-state index is 0.777. The smallest absolute Gasteiger partial charge is 0.111 e. The van der Waals surface area contributed by atoms with E-state index < -0.39 is 0 Å². The molecule has 3 nitrogen and oxygen atoms in total. The maximum Gasteiger partial charge on any atom is 0.111 e. The fourth-order valence-electron chi connectivity index (χ4n) is 1.99. The zero-order chi connectivity index (χ0) is 11.7. The van der Waals surface area contributed by atoms with Crippen LogP contribution in [0.2, 0.25) is 0 Å². The van der Waals surface area contributed by atoms with Crippen LogP contribution in [0.5, 0.6) is 0 Å². The molecule has 0 aliphatic rings. The summed E-state index contributed by atoms with van der Waals surface area (Å²) in [4.78, 5) is 7.85. The predicted molar refractivity (Wildman–Crippen MR) is 69.8 cm³/mol. The first-order valence-corrected chi connectivity index (χ1v) is 5.59. The van der Waals surface area contributed by atoms with Crippen molar-refractivity contribution in [3.05, 3.63) is 59.9 Å². The highest BCUT2D eigenvalue weighted by molar-refractivity contribution is 5.74. The van der Waals surface area contributed by atoms with Crippen molar-refractivity contribution in [3.8, 4) is 0 Å². The van der Waals surface area contributed by atoms with Gasteiger partial charge >= 0.3 is 0 Å². The second kappa shape index (κ2) is 3.94. The number of anilines is 1.